The highest BCUT2D eigenvalue weighted by Crippen LogP contribution is 2.28. The molecule has 0 N–H and O–H groups in total. The summed E-state index contributed by atoms with van der Waals surface area (Å²) >= 11 is 0. The third-order valence-corrected chi connectivity index (χ3v) is 3.05. The Kier molecular flexibility index (Phi) is 5.43. The number of ketones is 1. The van der Waals surface area contributed by atoms with Crippen molar-refractivity contribution < 1.29 is 18.3 Å². The molecule has 0 aliphatic carbocycles. The maximum Gasteiger partial charge on any atom is 0.387 e. The number of rotatable bonds is 4. The number of ether oxygens (including phenoxy) is 1. The summed E-state index contributed by atoms with van der Waals surface area (Å²) in [6.45, 7) is 5.58. The topological polar surface area (TPSA) is 50.1 Å². The van der Waals surface area contributed by atoms with E-state index in [4.69, 9.17) is 0 Å². The fourth-order valence-corrected chi connectivity index (χ4v) is 2.06. The highest BCUT2D eigenvalue weighted by Gasteiger charge is 2.25. The van der Waals surface area contributed by atoms with Crippen LogP contribution in [0.25, 0.3) is 6.08 Å². The Bertz CT molecular complexity index is 627. The highest BCUT2D eigenvalue weighted by atomic mass is 19.3. The van der Waals surface area contributed by atoms with Gasteiger partial charge < -0.3 is 4.74 Å². The number of nitrogens with zero attached hydrogens (tertiary/aromatic N) is 1. The molecule has 1 rings (SSSR count). The number of alkyl halides is 2. The molecule has 0 aromatic heterocycles. The van der Waals surface area contributed by atoms with Crippen molar-refractivity contribution in [2.24, 2.45) is 5.41 Å². The van der Waals surface area contributed by atoms with Crippen molar-refractivity contribution in [1.29, 1.82) is 5.26 Å². The summed E-state index contributed by atoms with van der Waals surface area (Å²) in [4.78, 5) is 12.2. The largest absolute Gasteiger partial charge is 0.434 e. The van der Waals surface area contributed by atoms with Gasteiger partial charge in [0.25, 0.3) is 0 Å². The maximum absolute atomic E-state index is 12.4. The molecule has 0 fully saturated rings. The van der Waals surface area contributed by atoms with Gasteiger partial charge in [0, 0.05) is 5.41 Å². The van der Waals surface area contributed by atoms with Crippen LogP contribution in [0.5, 0.6) is 5.75 Å². The molecule has 0 radical (unpaired) electrons. The Morgan fingerprint density at radius 1 is 1.27 bits per heavy atom. The Labute approximate surface area is 129 Å². The molecular weight excluding hydrogens is 288 g/mol. The molecule has 1 aromatic rings. The minimum atomic E-state index is -2.89. The van der Waals surface area contributed by atoms with E-state index in [9.17, 15) is 18.8 Å². The zero-order chi connectivity index (χ0) is 17.1. The highest BCUT2D eigenvalue weighted by molar-refractivity contribution is 6.06. The third kappa shape index (κ3) is 4.39. The first-order valence-corrected chi connectivity index (χ1v) is 6.79. The second-order valence-corrected chi connectivity index (χ2v) is 6.11. The van der Waals surface area contributed by atoms with Crippen molar-refractivity contribution in [3.8, 4) is 11.8 Å². The number of aryl methyl sites for hydroxylation is 2. The molecule has 0 spiro atoms. The van der Waals surface area contributed by atoms with Crippen LogP contribution in [-0.2, 0) is 4.79 Å². The van der Waals surface area contributed by atoms with Crippen LogP contribution in [0.2, 0.25) is 0 Å². The summed E-state index contributed by atoms with van der Waals surface area (Å²) in [7, 11) is 0. The Morgan fingerprint density at radius 3 is 2.14 bits per heavy atom. The van der Waals surface area contributed by atoms with Gasteiger partial charge in [-0.2, -0.15) is 14.0 Å². The fraction of sp³-hybridized carbons (Fsp3) is 0.412. The first-order chi connectivity index (χ1) is 10.1. The number of carbonyl (C=O) groups excluding carboxylic acids is 1. The first-order valence-electron chi connectivity index (χ1n) is 6.79. The van der Waals surface area contributed by atoms with E-state index in [0.29, 0.717) is 16.7 Å². The minimum absolute atomic E-state index is 0.0360. The zero-order valence-corrected chi connectivity index (χ0v) is 13.3. The van der Waals surface area contributed by atoms with Gasteiger partial charge in [0.1, 0.15) is 11.8 Å². The first kappa shape index (κ1) is 17.8. The molecule has 0 heterocycles. The van der Waals surface area contributed by atoms with Gasteiger partial charge in [-0.05, 0) is 48.7 Å². The van der Waals surface area contributed by atoms with Crippen molar-refractivity contribution in [1.82, 2.24) is 0 Å². The van der Waals surface area contributed by atoms with Crippen molar-refractivity contribution in [3.05, 3.63) is 34.4 Å². The van der Waals surface area contributed by atoms with E-state index < -0.39 is 12.0 Å². The molecule has 0 aliphatic heterocycles. The lowest BCUT2D eigenvalue weighted by molar-refractivity contribution is -0.121. The summed E-state index contributed by atoms with van der Waals surface area (Å²) in [5, 5.41) is 9.17. The Hall–Kier alpha value is -2.22. The molecule has 0 saturated heterocycles. The lowest BCUT2D eigenvalue weighted by Crippen LogP contribution is -2.21. The van der Waals surface area contributed by atoms with Gasteiger partial charge in [0.05, 0.1) is 5.57 Å². The van der Waals surface area contributed by atoms with Crippen molar-refractivity contribution in [2.45, 2.75) is 41.2 Å². The molecule has 0 saturated carbocycles. The van der Waals surface area contributed by atoms with E-state index in [-0.39, 0.29) is 17.1 Å². The fourth-order valence-electron chi connectivity index (χ4n) is 2.06. The summed E-state index contributed by atoms with van der Waals surface area (Å²) in [5.41, 5.74) is 1.02. The van der Waals surface area contributed by atoms with Gasteiger partial charge in [-0.25, -0.2) is 0 Å². The standard InChI is InChI=1S/C17H19F2NO2/c1-10-6-12(7-11(2)14(10)22-16(18)19)8-13(9-20)15(21)17(3,4)5/h6-8,16H,1-5H3/b13-8+. The number of nitriles is 1. The van der Waals surface area contributed by atoms with Gasteiger partial charge in [-0.15, -0.1) is 0 Å². The molecule has 0 unspecified atom stereocenters. The molecular formula is C17H19F2NO2. The van der Waals surface area contributed by atoms with Gasteiger partial charge >= 0.3 is 6.61 Å². The molecule has 5 heteroatoms. The van der Waals surface area contributed by atoms with Crippen molar-refractivity contribution >= 4 is 11.9 Å². The zero-order valence-electron chi connectivity index (χ0n) is 13.3. The summed E-state index contributed by atoms with van der Waals surface area (Å²) in [5.74, 6) is -0.147. The van der Waals surface area contributed by atoms with E-state index in [1.54, 1.807) is 46.8 Å². The van der Waals surface area contributed by atoms with Crippen LogP contribution in [0.1, 0.15) is 37.5 Å². The van der Waals surface area contributed by atoms with Crippen LogP contribution in [0.3, 0.4) is 0 Å². The summed E-state index contributed by atoms with van der Waals surface area (Å²) in [6, 6.07) is 5.12. The van der Waals surface area contributed by atoms with E-state index >= 15 is 0 Å². The Morgan fingerprint density at radius 2 is 1.77 bits per heavy atom. The maximum atomic E-state index is 12.4. The van der Waals surface area contributed by atoms with Crippen LogP contribution in [0.15, 0.2) is 17.7 Å². The Balaban J connectivity index is 3.26. The third-order valence-electron chi connectivity index (χ3n) is 3.05. The smallest absolute Gasteiger partial charge is 0.387 e. The number of Topliss-reactive ketones (excluding diaryl/α,β-unsaturated/α-hetero) is 1. The van der Waals surface area contributed by atoms with Gasteiger partial charge in [0.2, 0.25) is 0 Å². The molecule has 0 aliphatic rings. The van der Waals surface area contributed by atoms with Crippen LogP contribution in [0, 0.1) is 30.6 Å². The number of allylic oxidation sites excluding steroid dienone is 1. The average molecular weight is 307 g/mol. The normalized spacial score (nSPS) is 12.2. The van der Waals surface area contributed by atoms with E-state index in [2.05, 4.69) is 4.74 Å². The lowest BCUT2D eigenvalue weighted by Gasteiger charge is -2.16. The van der Waals surface area contributed by atoms with Crippen LogP contribution >= 0.6 is 0 Å². The van der Waals surface area contributed by atoms with Gasteiger partial charge in [-0.3, -0.25) is 4.79 Å². The minimum Gasteiger partial charge on any atom is -0.434 e. The van der Waals surface area contributed by atoms with Gasteiger partial charge in [0.15, 0.2) is 5.78 Å². The van der Waals surface area contributed by atoms with Gasteiger partial charge in [-0.1, -0.05) is 20.8 Å². The number of halogens is 2. The number of benzene rings is 1. The molecule has 0 atom stereocenters. The predicted octanol–water partition coefficient (Wildman–Crippen LogP) is 4.43. The second kappa shape index (κ2) is 6.69. The van der Waals surface area contributed by atoms with E-state index in [1.807, 2.05) is 6.07 Å². The molecule has 0 bridgehead atoms. The predicted molar refractivity (Wildman–Crippen MR) is 80.6 cm³/mol. The SMILES string of the molecule is Cc1cc(/C=C(\C#N)C(=O)C(C)(C)C)cc(C)c1OC(F)F. The van der Waals surface area contributed by atoms with Crippen LogP contribution in [-0.4, -0.2) is 12.4 Å². The second-order valence-electron chi connectivity index (χ2n) is 6.11. The summed E-state index contributed by atoms with van der Waals surface area (Å²) < 4.78 is 29.2. The molecule has 3 nitrogen and oxygen atoms in total. The molecule has 118 valence electrons. The van der Waals surface area contributed by atoms with Crippen LogP contribution in [0.4, 0.5) is 8.78 Å². The number of carbonyl (C=O) groups is 1. The monoisotopic (exact) mass is 307 g/mol. The average Bonchev–Trinajstić information content (AvgIpc) is 2.38. The summed E-state index contributed by atoms with van der Waals surface area (Å²) in [6.07, 6.45) is 1.47. The lowest BCUT2D eigenvalue weighted by atomic mass is 9.86. The number of hydrogen-bond donors (Lipinski definition) is 0. The molecule has 0 amide bonds. The molecule has 22 heavy (non-hydrogen) atoms. The molecule has 1 aromatic carbocycles. The number of hydrogen-bond acceptors (Lipinski definition) is 3. The van der Waals surface area contributed by atoms with E-state index in [1.165, 1.54) is 6.08 Å². The van der Waals surface area contributed by atoms with Crippen LogP contribution < -0.4 is 4.74 Å². The van der Waals surface area contributed by atoms with E-state index in [0.717, 1.165) is 0 Å². The van der Waals surface area contributed by atoms with Crippen molar-refractivity contribution in [3.63, 3.8) is 0 Å². The van der Waals surface area contributed by atoms with Crippen molar-refractivity contribution in [2.75, 3.05) is 0 Å². The quantitative estimate of drug-likeness (QED) is 0.611.